The molecule has 3 aromatic rings. The lowest BCUT2D eigenvalue weighted by atomic mass is 9.68. The van der Waals surface area contributed by atoms with Crippen molar-refractivity contribution in [3.8, 4) is 11.3 Å². The molecule has 2 aromatic carbocycles. The Morgan fingerprint density at radius 3 is 2.45 bits per heavy atom. The summed E-state index contributed by atoms with van der Waals surface area (Å²) >= 11 is 6.21. The summed E-state index contributed by atoms with van der Waals surface area (Å²) in [5.74, 6) is 0. The molecule has 1 saturated carbocycles. The van der Waals surface area contributed by atoms with Gasteiger partial charge in [0.15, 0.2) is 0 Å². The van der Waals surface area contributed by atoms with E-state index >= 15 is 0 Å². The van der Waals surface area contributed by atoms with Crippen LogP contribution in [0.3, 0.4) is 0 Å². The van der Waals surface area contributed by atoms with E-state index in [1.165, 1.54) is 5.56 Å². The van der Waals surface area contributed by atoms with Gasteiger partial charge in [-0.3, -0.25) is 4.79 Å². The maximum atomic E-state index is 12.7. The van der Waals surface area contributed by atoms with Gasteiger partial charge in [-0.15, -0.1) is 0 Å². The highest BCUT2D eigenvalue weighted by atomic mass is 35.5. The van der Waals surface area contributed by atoms with E-state index in [-0.39, 0.29) is 22.7 Å². The molecular weight excluding hydrogens is 384 g/mol. The largest absolute Gasteiger partial charge is 0.394 e. The monoisotopic (exact) mass is 408 g/mol. The fourth-order valence-electron chi connectivity index (χ4n) is 4.36. The van der Waals surface area contributed by atoms with E-state index in [1.54, 1.807) is 10.7 Å². The van der Waals surface area contributed by atoms with Crippen molar-refractivity contribution >= 4 is 17.3 Å². The average molecular weight is 409 g/mol. The fraction of sp³-hybridized carbons (Fsp3) is 0.304. The Morgan fingerprint density at radius 2 is 1.79 bits per heavy atom. The van der Waals surface area contributed by atoms with Crippen LogP contribution in [-0.4, -0.2) is 16.3 Å². The summed E-state index contributed by atoms with van der Waals surface area (Å²) in [5, 5.41) is 5.38. The van der Waals surface area contributed by atoms with Crippen molar-refractivity contribution in [1.29, 1.82) is 0 Å². The molecule has 0 amide bonds. The van der Waals surface area contributed by atoms with E-state index in [9.17, 15) is 4.79 Å². The first-order valence-corrected chi connectivity index (χ1v) is 10.3. The number of benzene rings is 2. The third-order valence-electron chi connectivity index (χ3n) is 6.12. The first-order valence-electron chi connectivity index (χ1n) is 9.93. The summed E-state index contributed by atoms with van der Waals surface area (Å²) in [6, 6.07) is 19.4. The molecule has 0 bridgehead atoms. The van der Waals surface area contributed by atoms with E-state index in [2.05, 4.69) is 11.2 Å². The van der Waals surface area contributed by atoms with E-state index in [0.29, 0.717) is 12.2 Å². The van der Waals surface area contributed by atoms with Crippen molar-refractivity contribution in [3.05, 3.63) is 81.6 Å². The van der Waals surface area contributed by atoms with Crippen molar-refractivity contribution < 1.29 is 0 Å². The second-order valence-corrected chi connectivity index (χ2v) is 8.26. The molecule has 6 heteroatoms. The third kappa shape index (κ3) is 3.80. The van der Waals surface area contributed by atoms with Gasteiger partial charge in [0.2, 0.25) is 0 Å². The number of hydrogen-bond acceptors (Lipinski definition) is 4. The number of nitrogens with zero attached hydrogens (tertiary/aromatic N) is 2. The van der Waals surface area contributed by atoms with Crippen molar-refractivity contribution in [2.75, 3.05) is 12.3 Å². The zero-order chi connectivity index (χ0) is 20.4. The minimum Gasteiger partial charge on any atom is -0.394 e. The van der Waals surface area contributed by atoms with Crippen molar-refractivity contribution in [1.82, 2.24) is 9.78 Å². The quantitative estimate of drug-likeness (QED) is 0.678. The molecule has 0 spiro atoms. The lowest BCUT2D eigenvalue weighted by Gasteiger charge is -2.40. The van der Waals surface area contributed by atoms with Gasteiger partial charge >= 0.3 is 0 Å². The Balaban J connectivity index is 1.63. The third-order valence-corrected chi connectivity index (χ3v) is 6.35. The number of aromatic nitrogens is 2. The van der Waals surface area contributed by atoms with Crippen LogP contribution in [0.4, 0.5) is 5.69 Å². The van der Waals surface area contributed by atoms with Gasteiger partial charge in [0, 0.05) is 22.5 Å². The van der Waals surface area contributed by atoms with E-state index in [1.807, 2.05) is 48.5 Å². The van der Waals surface area contributed by atoms with Crippen molar-refractivity contribution in [3.63, 3.8) is 0 Å². The number of hydrogen-bond donors (Lipinski definition) is 2. The molecule has 150 valence electrons. The van der Waals surface area contributed by atoms with Gasteiger partial charge < -0.3 is 11.5 Å². The van der Waals surface area contributed by atoms with Gasteiger partial charge in [-0.2, -0.15) is 5.10 Å². The SMILES string of the molecule is NC[C@]1(c2cccc(Cl)c2)CC[C@H](n2nc(-c3ccccc3)cc(N)c2=O)CC1. The highest BCUT2D eigenvalue weighted by molar-refractivity contribution is 6.30. The smallest absolute Gasteiger partial charge is 0.290 e. The van der Waals surface area contributed by atoms with Crippen LogP contribution in [0.5, 0.6) is 0 Å². The molecular formula is C23H25ClN4O. The van der Waals surface area contributed by atoms with Gasteiger partial charge in [0.05, 0.1) is 11.7 Å². The van der Waals surface area contributed by atoms with Gasteiger partial charge in [-0.1, -0.05) is 54.1 Å². The normalized spacial score (nSPS) is 21.8. The molecule has 4 N–H and O–H groups in total. The second-order valence-electron chi connectivity index (χ2n) is 7.83. The molecule has 1 fully saturated rings. The predicted molar refractivity (Wildman–Crippen MR) is 118 cm³/mol. The Bertz CT molecular complexity index is 1060. The average Bonchev–Trinajstić information content (AvgIpc) is 2.76. The summed E-state index contributed by atoms with van der Waals surface area (Å²) in [7, 11) is 0. The Hall–Kier alpha value is -2.63. The number of anilines is 1. The first kappa shape index (κ1) is 19.7. The Morgan fingerprint density at radius 1 is 1.07 bits per heavy atom. The van der Waals surface area contributed by atoms with Crippen LogP contribution in [0.25, 0.3) is 11.3 Å². The lowest BCUT2D eigenvalue weighted by molar-refractivity contribution is 0.222. The molecule has 5 nitrogen and oxygen atoms in total. The number of rotatable bonds is 4. The highest BCUT2D eigenvalue weighted by Gasteiger charge is 2.37. The minimum absolute atomic E-state index is 0.00678. The number of halogens is 1. The van der Waals surface area contributed by atoms with E-state index in [0.717, 1.165) is 36.3 Å². The summed E-state index contributed by atoms with van der Waals surface area (Å²) < 4.78 is 1.58. The molecule has 1 heterocycles. The topological polar surface area (TPSA) is 86.9 Å². The molecule has 1 aromatic heterocycles. The second kappa shape index (κ2) is 8.01. The molecule has 1 aliphatic carbocycles. The van der Waals surface area contributed by atoms with Crippen LogP contribution in [0.15, 0.2) is 65.5 Å². The van der Waals surface area contributed by atoms with Crippen LogP contribution in [-0.2, 0) is 5.41 Å². The van der Waals surface area contributed by atoms with Crippen molar-refractivity contribution in [2.24, 2.45) is 5.73 Å². The number of nitrogens with two attached hydrogens (primary N) is 2. The summed E-state index contributed by atoms with van der Waals surface area (Å²) in [4.78, 5) is 12.7. The summed E-state index contributed by atoms with van der Waals surface area (Å²) in [6.45, 7) is 0.550. The molecule has 0 radical (unpaired) electrons. The predicted octanol–water partition coefficient (Wildman–Crippen LogP) is 4.16. The Labute approximate surface area is 175 Å². The fourth-order valence-corrected chi connectivity index (χ4v) is 4.55. The number of nitrogen functional groups attached to an aromatic ring is 1. The molecule has 0 atom stereocenters. The van der Waals surface area contributed by atoms with Crippen LogP contribution < -0.4 is 17.0 Å². The molecule has 29 heavy (non-hydrogen) atoms. The van der Waals surface area contributed by atoms with Crippen molar-refractivity contribution in [2.45, 2.75) is 37.1 Å². The molecule has 4 rings (SSSR count). The molecule has 0 saturated heterocycles. The van der Waals surface area contributed by atoms with Gasteiger partial charge in [-0.05, 0) is 49.4 Å². The van der Waals surface area contributed by atoms with Crippen LogP contribution in [0.2, 0.25) is 5.02 Å². The van der Waals surface area contributed by atoms with Crippen LogP contribution in [0, 0.1) is 0 Å². The van der Waals surface area contributed by atoms with E-state index < -0.39 is 0 Å². The van der Waals surface area contributed by atoms with Gasteiger partial charge in [-0.25, -0.2) is 4.68 Å². The lowest BCUT2D eigenvalue weighted by Crippen LogP contribution is -2.41. The summed E-state index contributed by atoms with van der Waals surface area (Å²) in [6.07, 6.45) is 3.37. The zero-order valence-corrected chi connectivity index (χ0v) is 17.0. The standard InChI is InChI=1S/C23H25ClN4O/c24-18-8-4-7-17(13-18)23(15-25)11-9-19(10-12-23)28-22(29)20(26)14-21(27-28)16-5-2-1-3-6-16/h1-8,13-14,19H,9-12,15,25-26H2/t19-,23-. The van der Waals surface area contributed by atoms with Gasteiger partial charge in [0.25, 0.3) is 5.56 Å². The zero-order valence-electron chi connectivity index (χ0n) is 16.2. The minimum atomic E-state index is -0.224. The molecule has 0 aliphatic heterocycles. The maximum Gasteiger partial charge on any atom is 0.290 e. The summed E-state index contributed by atoms with van der Waals surface area (Å²) in [5.41, 5.74) is 15.0. The van der Waals surface area contributed by atoms with E-state index in [4.69, 9.17) is 23.1 Å². The van der Waals surface area contributed by atoms with Crippen LogP contribution >= 0.6 is 11.6 Å². The molecule has 1 aliphatic rings. The van der Waals surface area contributed by atoms with Crippen LogP contribution in [0.1, 0.15) is 37.3 Å². The Kier molecular flexibility index (Phi) is 5.43. The molecule has 0 unspecified atom stereocenters. The highest BCUT2D eigenvalue weighted by Crippen LogP contribution is 2.42. The maximum absolute atomic E-state index is 12.7. The van der Waals surface area contributed by atoms with Gasteiger partial charge in [0.1, 0.15) is 5.69 Å². The first-order chi connectivity index (χ1) is 14.0.